The molecule has 0 unspecified atom stereocenters. The van der Waals surface area contributed by atoms with E-state index in [4.69, 9.17) is 0 Å². The van der Waals surface area contributed by atoms with Gasteiger partial charge >= 0.3 is 0 Å². The van der Waals surface area contributed by atoms with Crippen molar-refractivity contribution in [3.63, 3.8) is 0 Å². The SMILES string of the molecule is C=C/C(=C\C=C(/C)C(C)(C)C)N(C1=c2ccccc2=CCC1)c1ccc(C(C)(C)C)cc1. The van der Waals surface area contributed by atoms with Gasteiger partial charge in [0.15, 0.2) is 0 Å². The lowest BCUT2D eigenvalue weighted by Crippen LogP contribution is -2.36. The van der Waals surface area contributed by atoms with Gasteiger partial charge in [-0.05, 0) is 65.7 Å². The zero-order valence-corrected chi connectivity index (χ0v) is 21.0. The van der Waals surface area contributed by atoms with Crippen molar-refractivity contribution in [2.75, 3.05) is 4.90 Å². The Labute approximate surface area is 195 Å². The lowest BCUT2D eigenvalue weighted by molar-refractivity contribution is 0.504. The van der Waals surface area contributed by atoms with Crippen LogP contribution in [0.3, 0.4) is 0 Å². The Bertz CT molecular complexity index is 1140. The first kappa shape index (κ1) is 23.9. The molecule has 1 nitrogen and oxygen atoms in total. The van der Waals surface area contributed by atoms with Gasteiger partial charge in [0.25, 0.3) is 0 Å². The van der Waals surface area contributed by atoms with Crippen molar-refractivity contribution < 1.29 is 0 Å². The summed E-state index contributed by atoms with van der Waals surface area (Å²) in [6, 6.07) is 17.8. The maximum absolute atomic E-state index is 4.19. The van der Waals surface area contributed by atoms with Gasteiger partial charge in [-0.25, -0.2) is 0 Å². The van der Waals surface area contributed by atoms with Crippen LogP contribution in [0.5, 0.6) is 0 Å². The van der Waals surface area contributed by atoms with Gasteiger partial charge in [0.1, 0.15) is 0 Å². The first-order chi connectivity index (χ1) is 15.0. The highest BCUT2D eigenvalue weighted by atomic mass is 15.2. The summed E-state index contributed by atoms with van der Waals surface area (Å²) >= 11 is 0. The van der Waals surface area contributed by atoms with Gasteiger partial charge in [0.05, 0.1) is 0 Å². The van der Waals surface area contributed by atoms with Crippen LogP contribution >= 0.6 is 0 Å². The molecule has 0 atom stereocenters. The third kappa shape index (κ3) is 5.33. The van der Waals surface area contributed by atoms with E-state index in [1.807, 2.05) is 6.08 Å². The fourth-order valence-corrected chi connectivity index (χ4v) is 3.93. The van der Waals surface area contributed by atoms with Gasteiger partial charge in [-0.1, -0.05) is 102 Å². The van der Waals surface area contributed by atoms with Crippen LogP contribution in [-0.2, 0) is 5.41 Å². The molecule has 1 aliphatic carbocycles. The molecule has 1 aliphatic rings. The Morgan fingerprint density at radius 3 is 2.16 bits per heavy atom. The third-order valence-electron chi connectivity index (χ3n) is 6.43. The van der Waals surface area contributed by atoms with Crippen molar-refractivity contribution in [1.82, 2.24) is 0 Å². The molecule has 0 spiro atoms. The Morgan fingerprint density at radius 1 is 0.906 bits per heavy atom. The molecule has 0 aliphatic heterocycles. The monoisotopic (exact) mass is 425 g/mol. The van der Waals surface area contributed by atoms with Gasteiger partial charge in [-0.3, -0.25) is 0 Å². The average Bonchev–Trinajstić information content (AvgIpc) is 2.75. The minimum absolute atomic E-state index is 0.132. The average molecular weight is 426 g/mol. The van der Waals surface area contributed by atoms with Crippen molar-refractivity contribution in [1.29, 1.82) is 0 Å². The van der Waals surface area contributed by atoms with Gasteiger partial charge in [-0.2, -0.15) is 0 Å². The second-order valence-corrected chi connectivity index (χ2v) is 10.8. The molecule has 0 saturated heterocycles. The second kappa shape index (κ2) is 9.36. The van der Waals surface area contributed by atoms with Crippen LogP contribution in [0.2, 0.25) is 0 Å². The number of fused-ring (bicyclic) bond motifs is 1. The Balaban J connectivity index is 2.23. The van der Waals surface area contributed by atoms with Crippen LogP contribution in [-0.4, -0.2) is 0 Å². The van der Waals surface area contributed by atoms with Gasteiger partial charge in [0, 0.05) is 22.3 Å². The molecule has 0 radical (unpaired) electrons. The van der Waals surface area contributed by atoms with Crippen molar-refractivity contribution in [2.45, 2.75) is 66.7 Å². The van der Waals surface area contributed by atoms with Gasteiger partial charge in [0.2, 0.25) is 0 Å². The van der Waals surface area contributed by atoms with Crippen molar-refractivity contribution >= 4 is 17.5 Å². The second-order valence-electron chi connectivity index (χ2n) is 10.8. The van der Waals surface area contributed by atoms with Crippen LogP contribution in [0.25, 0.3) is 11.8 Å². The van der Waals surface area contributed by atoms with Crippen LogP contribution in [0.15, 0.2) is 84.6 Å². The largest absolute Gasteiger partial charge is 0.314 e. The van der Waals surface area contributed by atoms with Crippen LogP contribution in [0.4, 0.5) is 5.69 Å². The van der Waals surface area contributed by atoms with Crippen molar-refractivity contribution in [2.24, 2.45) is 5.41 Å². The van der Waals surface area contributed by atoms with E-state index in [9.17, 15) is 0 Å². The molecule has 0 aromatic heterocycles. The topological polar surface area (TPSA) is 3.24 Å². The van der Waals surface area contributed by atoms with E-state index in [1.54, 1.807) is 0 Å². The zero-order chi connectivity index (χ0) is 23.5. The van der Waals surface area contributed by atoms with Crippen LogP contribution in [0.1, 0.15) is 66.9 Å². The molecule has 32 heavy (non-hydrogen) atoms. The maximum atomic E-state index is 4.19. The summed E-state index contributed by atoms with van der Waals surface area (Å²) in [7, 11) is 0. The van der Waals surface area contributed by atoms with E-state index in [-0.39, 0.29) is 10.8 Å². The summed E-state index contributed by atoms with van der Waals surface area (Å²) in [5.41, 5.74) is 6.58. The number of hydrogen-bond donors (Lipinski definition) is 0. The van der Waals surface area contributed by atoms with Crippen LogP contribution in [0, 0.1) is 5.41 Å². The third-order valence-corrected chi connectivity index (χ3v) is 6.43. The number of hydrogen-bond acceptors (Lipinski definition) is 1. The lowest BCUT2D eigenvalue weighted by atomic mass is 9.87. The molecule has 0 saturated carbocycles. The molecule has 0 amide bonds. The predicted molar refractivity (Wildman–Crippen MR) is 142 cm³/mol. The number of nitrogens with zero attached hydrogens (tertiary/aromatic N) is 1. The molecule has 0 N–H and O–H groups in total. The van der Waals surface area contributed by atoms with E-state index in [0.29, 0.717) is 0 Å². The Hall–Kier alpha value is -2.80. The number of anilines is 1. The highest BCUT2D eigenvalue weighted by Crippen LogP contribution is 2.32. The Kier molecular flexibility index (Phi) is 6.98. The summed E-state index contributed by atoms with van der Waals surface area (Å²) < 4.78 is 0. The molecule has 0 bridgehead atoms. The molecule has 1 heteroatoms. The van der Waals surface area contributed by atoms with E-state index < -0.39 is 0 Å². The fraction of sp³-hybridized carbons (Fsp3) is 0.355. The van der Waals surface area contributed by atoms with Crippen molar-refractivity contribution in [3.8, 4) is 0 Å². The lowest BCUT2D eigenvalue weighted by Gasteiger charge is -2.31. The van der Waals surface area contributed by atoms with E-state index >= 15 is 0 Å². The first-order valence-electron chi connectivity index (χ1n) is 11.7. The first-order valence-corrected chi connectivity index (χ1v) is 11.7. The number of benzene rings is 2. The smallest absolute Gasteiger partial charge is 0.0458 e. The number of rotatable bonds is 5. The predicted octanol–water partition coefficient (Wildman–Crippen LogP) is 7.24. The summed E-state index contributed by atoms with van der Waals surface area (Å²) in [5.74, 6) is 0. The summed E-state index contributed by atoms with van der Waals surface area (Å²) in [6.45, 7) is 19.9. The molecule has 3 rings (SSSR count). The van der Waals surface area contributed by atoms with Gasteiger partial charge in [-0.15, -0.1) is 0 Å². The summed E-state index contributed by atoms with van der Waals surface area (Å²) in [6.07, 6.45) is 10.8. The van der Waals surface area contributed by atoms with E-state index in [2.05, 4.69) is 127 Å². The van der Waals surface area contributed by atoms with E-state index in [0.717, 1.165) is 18.5 Å². The number of allylic oxidation sites excluding steroid dienone is 4. The highest BCUT2D eigenvalue weighted by Gasteiger charge is 2.20. The zero-order valence-electron chi connectivity index (χ0n) is 21.0. The Morgan fingerprint density at radius 2 is 1.56 bits per heavy atom. The molecular weight excluding hydrogens is 386 g/mol. The van der Waals surface area contributed by atoms with Gasteiger partial charge < -0.3 is 4.90 Å². The molecule has 2 aromatic carbocycles. The summed E-state index contributed by atoms with van der Waals surface area (Å²) in [4.78, 5) is 2.40. The molecule has 2 aromatic rings. The van der Waals surface area contributed by atoms with Crippen molar-refractivity contribution in [3.05, 3.63) is 101 Å². The standard InChI is InChI=1S/C31H39N/c1-9-26(20-17-23(2)30(3,4)5)32(27-21-18-25(19-22-27)31(6,7)8)29-16-12-14-24-13-10-11-15-28(24)29/h9-11,13-15,17-22H,1,12,16H2,2-8H3/b23-17+,26-20+. The minimum Gasteiger partial charge on any atom is -0.314 e. The quantitative estimate of drug-likeness (QED) is 0.457. The maximum Gasteiger partial charge on any atom is 0.0458 e. The highest BCUT2D eigenvalue weighted by molar-refractivity contribution is 5.76. The molecule has 168 valence electrons. The van der Waals surface area contributed by atoms with E-state index in [1.165, 1.54) is 33.0 Å². The van der Waals surface area contributed by atoms with Crippen LogP contribution < -0.4 is 15.3 Å². The fourth-order valence-electron chi connectivity index (χ4n) is 3.93. The molecular formula is C31H39N. The summed E-state index contributed by atoms with van der Waals surface area (Å²) in [5, 5.41) is 2.62. The normalized spacial score (nSPS) is 15.2. The molecule has 0 heterocycles. The minimum atomic E-state index is 0.132. The molecule has 0 fully saturated rings.